The second-order valence-corrected chi connectivity index (χ2v) is 8.23. The van der Waals surface area contributed by atoms with Gasteiger partial charge in [0.2, 0.25) is 5.91 Å². The number of phenols is 1. The number of rotatable bonds is 8. The lowest BCUT2D eigenvalue weighted by atomic mass is 10.2. The average molecular weight is 473 g/mol. The van der Waals surface area contributed by atoms with Gasteiger partial charge in [-0.3, -0.25) is 19.3 Å². The van der Waals surface area contributed by atoms with Gasteiger partial charge in [-0.25, -0.2) is 0 Å². The van der Waals surface area contributed by atoms with Crippen LogP contribution in [-0.4, -0.2) is 50.3 Å². The second kappa shape index (κ2) is 9.86. The molecule has 2 amide bonds. The Morgan fingerprint density at radius 3 is 2.78 bits per heavy atom. The minimum absolute atomic E-state index is 0.0569. The van der Waals surface area contributed by atoms with Gasteiger partial charge in [-0.05, 0) is 30.7 Å². The lowest BCUT2D eigenvalue weighted by Gasteiger charge is -2.14. The van der Waals surface area contributed by atoms with Crippen molar-refractivity contribution in [3.63, 3.8) is 0 Å². The monoisotopic (exact) mass is 472 g/mol. The molecule has 2 rings (SSSR count). The molecule has 1 saturated heterocycles. The molecule has 1 aromatic rings. The van der Waals surface area contributed by atoms with Gasteiger partial charge in [0.15, 0.2) is 0 Å². The molecule has 0 aromatic heterocycles. The quantitative estimate of drug-likeness (QED) is 0.394. The van der Waals surface area contributed by atoms with Crippen LogP contribution in [0.15, 0.2) is 27.6 Å². The third-order valence-electron chi connectivity index (χ3n) is 3.60. The molecule has 0 aliphatic carbocycles. The predicted molar refractivity (Wildman–Crippen MR) is 110 cm³/mol. The lowest BCUT2D eigenvalue weighted by molar-refractivity contribution is -0.137. The van der Waals surface area contributed by atoms with Crippen LogP contribution in [0.25, 0.3) is 6.08 Å². The topological polar surface area (TPSA) is 107 Å². The number of thioether (sulfide) groups is 1. The minimum atomic E-state index is -0.976. The fourth-order valence-electron chi connectivity index (χ4n) is 2.27. The maximum atomic E-state index is 12.5. The summed E-state index contributed by atoms with van der Waals surface area (Å²) in [6, 6.07) is 4.92. The van der Waals surface area contributed by atoms with E-state index in [2.05, 4.69) is 21.2 Å². The van der Waals surface area contributed by atoms with E-state index in [1.54, 1.807) is 18.2 Å². The van der Waals surface area contributed by atoms with Crippen molar-refractivity contribution in [1.29, 1.82) is 0 Å². The van der Waals surface area contributed by atoms with Gasteiger partial charge >= 0.3 is 5.97 Å². The molecule has 0 bridgehead atoms. The van der Waals surface area contributed by atoms with Crippen LogP contribution in [0.2, 0.25) is 0 Å². The van der Waals surface area contributed by atoms with Crippen molar-refractivity contribution >= 4 is 68.1 Å². The number of nitrogens with zero attached hydrogens (tertiary/aromatic N) is 1. The smallest absolute Gasteiger partial charge is 0.305 e. The van der Waals surface area contributed by atoms with Crippen molar-refractivity contribution in [1.82, 2.24) is 10.2 Å². The number of benzene rings is 1. The Kier molecular flexibility index (Phi) is 7.81. The van der Waals surface area contributed by atoms with Gasteiger partial charge < -0.3 is 15.5 Å². The fourth-order valence-corrected chi connectivity index (χ4v) is 3.95. The third kappa shape index (κ3) is 6.33. The Hall–Kier alpha value is -1.91. The molecule has 3 N–H and O–H groups in total. The van der Waals surface area contributed by atoms with Gasteiger partial charge in [0, 0.05) is 29.5 Å². The van der Waals surface area contributed by atoms with E-state index in [1.165, 1.54) is 11.0 Å². The Labute approximate surface area is 173 Å². The molecule has 0 atom stereocenters. The van der Waals surface area contributed by atoms with Crippen molar-refractivity contribution < 1.29 is 24.6 Å². The molecule has 1 aromatic carbocycles. The maximum absolute atomic E-state index is 12.5. The Morgan fingerprint density at radius 2 is 2.07 bits per heavy atom. The van der Waals surface area contributed by atoms with E-state index in [1.807, 2.05) is 0 Å². The highest BCUT2D eigenvalue weighted by molar-refractivity contribution is 9.10. The van der Waals surface area contributed by atoms with Gasteiger partial charge in [0.1, 0.15) is 10.1 Å². The number of carboxylic acids is 1. The first-order valence-electron chi connectivity index (χ1n) is 8.00. The standard InChI is InChI=1S/C17H17BrN2O5S2/c18-11-3-4-12(21)10(8-11)9-13-16(25)20(17(26)27-13)7-1-2-14(22)19-6-5-15(23)24/h3-4,8-9,21H,1-2,5-7H2,(H,19,22)(H,23,24)/b13-9-. The molecule has 27 heavy (non-hydrogen) atoms. The van der Waals surface area contributed by atoms with Crippen molar-refractivity contribution in [2.24, 2.45) is 0 Å². The molecule has 7 nitrogen and oxygen atoms in total. The largest absolute Gasteiger partial charge is 0.507 e. The number of aliphatic carboxylic acids is 1. The zero-order valence-corrected chi connectivity index (χ0v) is 17.3. The highest BCUT2D eigenvalue weighted by Gasteiger charge is 2.31. The highest BCUT2D eigenvalue weighted by Crippen LogP contribution is 2.34. The third-order valence-corrected chi connectivity index (χ3v) is 5.47. The number of carbonyl (C=O) groups is 3. The summed E-state index contributed by atoms with van der Waals surface area (Å²) < 4.78 is 1.17. The average Bonchev–Trinajstić information content (AvgIpc) is 2.85. The number of thiocarbonyl (C=S) groups is 1. The lowest BCUT2D eigenvalue weighted by Crippen LogP contribution is -2.31. The molecule has 0 radical (unpaired) electrons. The number of phenolic OH excluding ortho intramolecular Hbond substituents is 1. The number of halogens is 1. The molecule has 0 unspecified atom stereocenters. The van der Waals surface area contributed by atoms with Gasteiger partial charge in [-0.2, -0.15) is 0 Å². The minimum Gasteiger partial charge on any atom is -0.507 e. The van der Waals surface area contributed by atoms with Crippen LogP contribution in [0, 0.1) is 0 Å². The SMILES string of the molecule is O=C(O)CCNC(=O)CCCN1C(=O)/C(=C/c2cc(Br)ccc2O)SC1=S. The molecule has 1 aliphatic heterocycles. The van der Waals surface area contributed by atoms with Crippen LogP contribution in [0.5, 0.6) is 5.75 Å². The fraction of sp³-hybridized carbons (Fsp3) is 0.294. The first-order valence-corrected chi connectivity index (χ1v) is 10.0. The van der Waals surface area contributed by atoms with Crippen LogP contribution in [0.3, 0.4) is 0 Å². The molecule has 1 heterocycles. The zero-order valence-electron chi connectivity index (χ0n) is 14.1. The van der Waals surface area contributed by atoms with Crippen LogP contribution in [-0.2, 0) is 14.4 Å². The first-order chi connectivity index (χ1) is 12.8. The van der Waals surface area contributed by atoms with Crippen molar-refractivity contribution in [3.8, 4) is 5.75 Å². The van der Waals surface area contributed by atoms with E-state index in [4.69, 9.17) is 17.3 Å². The second-order valence-electron chi connectivity index (χ2n) is 5.63. The van der Waals surface area contributed by atoms with E-state index < -0.39 is 5.97 Å². The summed E-state index contributed by atoms with van der Waals surface area (Å²) in [5, 5.41) is 20.9. The molecular formula is C17H17BrN2O5S2. The van der Waals surface area contributed by atoms with E-state index >= 15 is 0 Å². The van der Waals surface area contributed by atoms with E-state index in [9.17, 15) is 19.5 Å². The summed E-state index contributed by atoms with van der Waals surface area (Å²) >= 11 is 9.70. The maximum Gasteiger partial charge on any atom is 0.305 e. The van der Waals surface area contributed by atoms with Crippen molar-refractivity contribution in [2.75, 3.05) is 13.1 Å². The summed E-state index contributed by atoms with van der Waals surface area (Å²) in [4.78, 5) is 36.4. The van der Waals surface area contributed by atoms with Gasteiger partial charge in [-0.15, -0.1) is 0 Å². The number of nitrogens with one attached hydrogen (secondary N) is 1. The van der Waals surface area contributed by atoms with Crippen molar-refractivity contribution in [2.45, 2.75) is 19.3 Å². The van der Waals surface area contributed by atoms with Crippen LogP contribution in [0.1, 0.15) is 24.8 Å². The molecule has 1 fully saturated rings. The number of aromatic hydroxyl groups is 1. The Bertz CT molecular complexity index is 813. The van der Waals surface area contributed by atoms with E-state index in [0.717, 1.165) is 16.2 Å². The summed E-state index contributed by atoms with van der Waals surface area (Å²) in [5.41, 5.74) is 0.502. The predicted octanol–water partition coefficient (Wildman–Crippen LogP) is 2.73. The zero-order chi connectivity index (χ0) is 20.0. The Morgan fingerprint density at radius 1 is 1.33 bits per heavy atom. The van der Waals surface area contributed by atoms with Gasteiger partial charge in [0.05, 0.1) is 11.3 Å². The summed E-state index contributed by atoms with van der Waals surface area (Å²) in [6.07, 6.45) is 2.02. The molecule has 0 spiro atoms. The molecular weight excluding hydrogens is 456 g/mol. The normalized spacial score (nSPS) is 15.4. The van der Waals surface area contributed by atoms with Crippen molar-refractivity contribution in [3.05, 3.63) is 33.1 Å². The summed E-state index contributed by atoms with van der Waals surface area (Å²) in [5.74, 6) is -1.45. The van der Waals surface area contributed by atoms with Gasteiger partial charge in [-0.1, -0.05) is 39.9 Å². The Balaban J connectivity index is 1.90. The first kappa shape index (κ1) is 21.4. The molecule has 0 saturated carbocycles. The van der Waals surface area contributed by atoms with Crippen LogP contribution >= 0.6 is 39.9 Å². The number of amides is 2. The highest BCUT2D eigenvalue weighted by atomic mass is 79.9. The molecule has 1 aliphatic rings. The van der Waals surface area contributed by atoms with E-state index in [0.29, 0.717) is 27.8 Å². The summed E-state index contributed by atoms with van der Waals surface area (Å²) in [6.45, 7) is 0.368. The number of hydrogen-bond acceptors (Lipinski definition) is 6. The summed E-state index contributed by atoms with van der Waals surface area (Å²) in [7, 11) is 0. The van der Waals surface area contributed by atoms with Gasteiger partial charge in [0.25, 0.3) is 5.91 Å². The van der Waals surface area contributed by atoms with Crippen LogP contribution in [0.4, 0.5) is 0 Å². The number of carboxylic acid groups (broad SMARTS) is 1. The number of carbonyl (C=O) groups excluding carboxylic acids is 2. The van der Waals surface area contributed by atoms with Crippen LogP contribution < -0.4 is 5.32 Å². The molecule has 10 heteroatoms. The van der Waals surface area contributed by atoms with E-state index in [-0.39, 0.29) is 37.0 Å². The molecule has 144 valence electrons. The number of hydrogen-bond donors (Lipinski definition) is 3.